The highest BCUT2D eigenvalue weighted by molar-refractivity contribution is 5.68. The summed E-state index contributed by atoms with van der Waals surface area (Å²) >= 11 is 0. The van der Waals surface area contributed by atoms with Crippen molar-refractivity contribution in [1.29, 1.82) is 0 Å². The van der Waals surface area contributed by atoms with Crippen LogP contribution in [-0.2, 0) is 11.2 Å². The summed E-state index contributed by atoms with van der Waals surface area (Å²) in [6.07, 6.45) is 1.65. The van der Waals surface area contributed by atoms with E-state index < -0.39 is 5.60 Å². The van der Waals surface area contributed by atoms with Crippen LogP contribution in [0.3, 0.4) is 0 Å². The number of ether oxygens (including phenoxy) is 1. The average Bonchev–Trinajstić information content (AvgIpc) is 3.08. The monoisotopic (exact) mass is 345 g/mol. The number of carbonyl (C=O) groups excluding carboxylic acids is 1. The highest BCUT2D eigenvalue weighted by Crippen LogP contribution is 2.25. The number of aromatic nitrogens is 4. The minimum absolute atomic E-state index is 0.219. The minimum atomic E-state index is -0.456. The van der Waals surface area contributed by atoms with Crippen molar-refractivity contribution < 1.29 is 9.53 Å². The summed E-state index contributed by atoms with van der Waals surface area (Å²) in [4.78, 5) is 23.0. The van der Waals surface area contributed by atoms with Gasteiger partial charge in [-0.25, -0.2) is 14.3 Å². The van der Waals surface area contributed by atoms with Crippen molar-refractivity contribution in [3.05, 3.63) is 22.8 Å². The Labute approximate surface area is 148 Å². The molecule has 25 heavy (non-hydrogen) atoms. The Hall–Kier alpha value is -2.18. The van der Waals surface area contributed by atoms with E-state index in [-0.39, 0.29) is 6.09 Å². The first-order valence-corrected chi connectivity index (χ1v) is 8.81. The molecule has 1 saturated heterocycles. The van der Waals surface area contributed by atoms with Gasteiger partial charge in [-0.1, -0.05) is 0 Å². The van der Waals surface area contributed by atoms with Gasteiger partial charge in [0.25, 0.3) is 5.78 Å². The lowest BCUT2D eigenvalue weighted by Gasteiger charge is -2.24. The van der Waals surface area contributed by atoms with Gasteiger partial charge >= 0.3 is 6.09 Å². The molecule has 7 nitrogen and oxygen atoms in total. The largest absolute Gasteiger partial charge is 0.444 e. The van der Waals surface area contributed by atoms with Gasteiger partial charge in [0.05, 0.1) is 0 Å². The molecule has 0 aromatic carbocycles. The summed E-state index contributed by atoms with van der Waals surface area (Å²) < 4.78 is 7.30. The molecule has 3 heterocycles. The minimum Gasteiger partial charge on any atom is -0.444 e. The maximum absolute atomic E-state index is 12.2. The Balaban J connectivity index is 1.73. The van der Waals surface area contributed by atoms with Gasteiger partial charge in [0.15, 0.2) is 0 Å². The summed E-state index contributed by atoms with van der Waals surface area (Å²) in [5, 5.41) is 4.43. The molecule has 1 aliphatic heterocycles. The van der Waals surface area contributed by atoms with Crippen molar-refractivity contribution in [2.24, 2.45) is 5.92 Å². The number of hydrogen-bond acceptors (Lipinski definition) is 5. The molecule has 3 rings (SSSR count). The molecular formula is C18H27N5O2. The number of likely N-dealkylation sites (tertiary alicyclic amines) is 1. The molecule has 0 bridgehead atoms. The Morgan fingerprint density at radius 2 is 1.96 bits per heavy atom. The van der Waals surface area contributed by atoms with E-state index in [1.807, 2.05) is 44.0 Å². The van der Waals surface area contributed by atoms with Gasteiger partial charge in [0.1, 0.15) is 11.4 Å². The number of hydrogen-bond donors (Lipinski definition) is 0. The van der Waals surface area contributed by atoms with Crippen LogP contribution >= 0.6 is 0 Å². The highest BCUT2D eigenvalue weighted by atomic mass is 16.6. The molecule has 0 N–H and O–H groups in total. The van der Waals surface area contributed by atoms with E-state index in [0.717, 1.165) is 43.1 Å². The average molecular weight is 345 g/mol. The zero-order valence-electron chi connectivity index (χ0n) is 16.0. The molecule has 1 aliphatic rings. The third kappa shape index (κ3) is 3.75. The molecule has 0 saturated carbocycles. The van der Waals surface area contributed by atoms with Crippen molar-refractivity contribution >= 4 is 11.9 Å². The second-order valence-electron chi connectivity index (χ2n) is 7.92. The van der Waals surface area contributed by atoms with E-state index in [1.165, 1.54) is 5.56 Å². The van der Waals surface area contributed by atoms with Crippen LogP contribution in [0.1, 0.15) is 50.0 Å². The van der Waals surface area contributed by atoms with Crippen molar-refractivity contribution in [3.8, 4) is 0 Å². The van der Waals surface area contributed by atoms with Crippen molar-refractivity contribution in [2.75, 3.05) is 13.1 Å². The highest BCUT2D eigenvalue weighted by Gasteiger charge is 2.30. The van der Waals surface area contributed by atoms with E-state index in [1.54, 1.807) is 0 Å². The first kappa shape index (κ1) is 17.6. The number of nitrogens with zero attached hydrogens (tertiary/aromatic N) is 5. The van der Waals surface area contributed by atoms with Crippen LogP contribution in [0.15, 0.2) is 0 Å². The van der Waals surface area contributed by atoms with Gasteiger partial charge in [0, 0.05) is 24.5 Å². The standard InChI is InChI=1S/C18H27N5O2/c1-11-15(12(2)23-16(19-11)20-13(3)21-23)9-14-7-8-22(10-14)17(24)25-18(4,5)6/h14H,7-10H2,1-6H3. The fraction of sp³-hybridized carbons (Fsp3) is 0.667. The second kappa shape index (κ2) is 6.28. The molecule has 0 spiro atoms. The smallest absolute Gasteiger partial charge is 0.410 e. The molecule has 1 unspecified atom stereocenters. The molecule has 1 amide bonds. The summed E-state index contributed by atoms with van der Waals surface area (Å²) in [6, 6.07) is 0. The molecule has 7 heteroatoms. The predicted octanol–water partition coefficient (Wildman–Crippen LogP) is 2.85. The van der Waals surface area contributed by atoms with Gasteiger partial charge in [0.2, 0.25) is 0 Å². The Morgan fingerprint density at radius 1 is 1.24 bits per heavy atom. The predicted molar refractivity (Wildman–Crippen MR) is 94.6 cm³/mol. The van der Waals surface area contributed by atoms with Gasteiger partial charge in [-0.3, -0.25) is 0 Å². The summed E-state index contributed by atoms with van der Waals surface area (Å²) in [7, 11) is 0. The van der Waals surface area contributed by atoms with E-state index >= 15 is 0 Å². The van der Waals surface area contributed by atoms with Crippen LogP contribution in [-0.4, -0.2) is 49.3 Å². The molecule has 0 radical (unpaired) electrons. The number of carbonyl (C=O) groups is 1. The number of amides is 1. The van der Waals surface area contributed by atoms with Gasteiger partial charge < -0.3 is 9.64 Å². The first-order valence-electron chi connectivity index (χ1n) is 8.81. The maximum atomic E-state index is 12.2. The summed E-state index contributed by atoms with van der Waals surface area (Å²) in [5.74, 6) is 1.79. The Bertz CT molecular complexity index is 806. The SMILES string of the molecule is Cc1nc2nc(C)c(CC3CCN(C(=O)OC(C)(C)C)C3)c(C)n2n1. The van der Waals surface area contributed by atoms with Crippen molar-refractivity contribution in [2.45, 2.75) is 60.0 Å². The van der Waals surface area contributed by atoms with Crippen LogP contribution in [0.4, 0.5) is 4.79 Å². The molecule has 1 atom stereocenters. The third-order valence-corrected chi connectivity index (χ3v) is 4.59. The van der Waals surface area contributed by atoms with Crippen LogP contribution in [0.25, 0.3) is 5.78 Å². The topological polar surface area (TPSA) is 72.6 Å². The zero-order valence-corrected chi connectivity index (χ0v) is 16.0. The lowest BCUT2D eigenvalue weighted by molar-refractivity contribution is 0.0288. The summed E-state index contributed by atoms with van der Waals surface area (Å²) in [5.41, 5.74) is 2.82. The zero-order chi connectivity index (χ0) is 18.4. The Morgan fingerprint density at radius 3 is 2.64 bits per heavy atom. The Kier molecular flexibility index (Phi) is 4.43. The quantitative estimate of drug-likeness (QED) is 0.837. The summed E-state index contributed by atoms with van der Waals surface area (Å²) in [6.45, 7) is 13.1. The lowest BCUT2D eigenvalue weighted by atomic mass is 9.96. The molecule has 1 fully saturated rings. The molecular weight excluding hydrogens is 318 g/mol. The molecule has 136 valence electrons. The van der Waals surface area contributed by atoms with Crippen molar-refractivity contribution in [3.63, 3.8) is 0 Å². The second-order valence-corrected chi connectivity index (χ2v) is 7.92. The maximum Gasteiger partial charge on any atom is 0.410 e. The van der Waals surface area contributed by atoms with Crippen LogP contribution in [0.5, 0.6) is 0 Å². The van der Waals surface area contributed by atoms with Gasteiger partial charge in [-0.05, 0) is 65.9 Å². The lowest BCUT2D eigenvalue weighted by Crippen LogP contribution is -2.35. The van der Waals surface area contributed by atoms with E-state index in [2.05, 4.69) is 22.0 Å². The third-order valence-electron chi connectivity index (χ3n) is 4.59. The van der Waals surface area contributed by atoms with Crippen molar-refractivity contribution in [1.82, 2.24) is 24.5 Å². The van der Waals surface area contributed by atoms with E-state index in [9.17, 15) is 4.79 Å². The number of aryl methyl sites for hydroxylation is 3. The van der Waals surface area contributed by atoms with E-state index in [4.69, 9.17) is 4.74 Å². The first-order chi connectivity index (χ1) is 11.6. The van der Waals surface area contributed by atoms with E-state index in [0.29, 0.717) is 11.7 Å². The molecule has 2 aromatic heterocycles. The van der Waals surface area contributed by atoms with Gasteiger partial charge in [-0.15, -0.1) is 0 Å². The van der Waals surface area contributed by atoms with Crippen LogP contribution < -0.4 is 0 Å². The van der Waals surface area contributed by atoms with Crippen LogP contribution in [0.2, 0.25) is 0 Å². The number of fused-ring (bicyclic) bond motifs is 1. The number of rotatable bonds is 2. The fourth-order valence-corrected chi connectivity index (χ4v) is 3.38. The normalized spacial score (nSPS) is 18.2. The van der Waals surface area contributed by atoms with Gasteiger partial charge in [-0.2, -0.15) is 10.1 Å². The molecule has 0 aliphatic carbocycles. The van der Waals surface area contributed by atoms with Crippen LogP contribution in [0, 0.1) is 26.7 Å². The molecule has 2 aromatic rings. The fourth-order valence-electron chi connectivity index (χ4n) is 3.38.